The van der Waals surface area contributed by atoms with E-state index in [0.717, 1.165) is 34.5 Å². The van der Waals surface area contributed by atoms with Crippen LogP contribution in [0, 0.1) is 25.2 Å². The summed E-state index contributed by atoms with van der Waals surface area (Å²) in [6.07, 6.45) is 3.78. The number of benzene rings is 1. The lowest BCUT2D eigenvalue weighted by Gasteiger charge is -2.10. The summed E-state index contributed by atoms with van der Waals surface area (Å²) in [5.74, 6) is -1.44. The molecule has 0 unspecified atom stereocenters. The Morgan fingerprint density at radius 3 is 2.53 bits per heavy atom. The predicted octanol–water partition coefficient (Wildman–Crippen LogP) is 2.05. The smallest absolute Gasteiger partial charge is 0.290 e. The lowest BCUT2D eigenvalue weighted by Crippen LogP contribution is -2.43. The van der Waals surface area contributed by atoms with Gasteiger partial charge in [-0.25, -0.2) is 4.68 Å². The first-order chi connectivity index (χ1) is 15.3. The van der Waals surface area contributed by atoms with Crippen LogP contribution >= 0.6 is 0 Å². The molecule has 0 saturated heterocycles. The zero-order chi connectivity index (χ0) is 23.0. The van der Waals surface area contributed by atoms with Crippen LogP contribution in [0.25, 0.3) is 16.8 Å². The molecule has 0 bridgehead atoms. The number of hydrogen-bond donors (Lipinski definition) is 2. The van der Waals surface area contributed by atoms with E-state index in [2.05, 4.69) is 20.5 Å². The number of aryl methyl sites for hydroxylation is 2. The summed E-state index contributed by atoms with van der Waals surface area (Å²) >= 11 is 0. The molecule has 162 valence electrons. The van der Waals surface area contributed by atoms with E-state index in [1.165, 1.54) is 13.1 Å². The summed E-state index contributed by atoms with van der Waals surface area (Å²) in [4.78, 5) is 37.4. The molecular weight excluding hydrogens is 408 g/mol. The van der Waals surface area contributed by atoms with E-state index in [4.69, 9.17) is 0 Å². The van der Waals surface area contributed by atoms with Crippen LogP contribution in [0.15, 0.2) is 40.7 Å². The van der Waals surface area contributed by atoms with Crippen LogP contribution in [0.5, 0.6) is 0 Å². The van der Waals surface area contributed by atoms with Gasteiger partial charge in [-0.1, -0.05) is 18.2 Å². The van der Waals surface area contributed by atoms with E-state index in [9.17, 15) is 19.6 Å². The molecule has 9 nitrogen and oxygen atoms in total. The van der Waals surface area contributed by atoms with Crippen molar-refractivity contribution in [3.8, 4) is 6.07 Å². The van der Waals surface area contributed by atoms with Gasteiger partial charge in [0.05, 0.1) is 5.39 Å². The number of amides is 2. The highest BCUT2D eigenvalue weighted by molar-refractivity contribution is 6.07. The number of aromatic nitrogens is 3. The van der Waals surface area contributed by atoms with Crippen LogP contribution in [0.2, 0.25) is 0 Å². The average Bonchev–Trinajstić information content (AvgIpc) is 3.57. The first-order valence-corrected chi connectivity index (χ1v) is 10.2. The van der Waals surface area contributed by atoms with Crippen molar-refractivity contribution < 1.29 is 9.59 Å². The highest BCUT2D eigenvalue weighted by Gasteiger charge is 2.27. The summed E-state index contributed by atoms with van der Waals surface area (Å²) in [6, 6.07) is 10.9. The molecule has 32 heavy (non-hydrogen) atoms. The number of nitrogens with zero attached hydrogens (tertiary/aromatic N) is 4. The number of carbonyl (C=O) groups is 2. The highest BCUT2D eigenvalue weighted by Crippen LogP contribution is 2.38. The molecule has 2 aromatic heterocycles. The number of nitrogens with one attached hydrogen (secondary N) is 2. The normalized spacial score (nSPS) is 13.6. The van der Waals surface area contributed by atoms with Gasteiger partial charge in [-0.3, -0.25) is 25.2 Å². The SMILES string of the molecule is Cc1cc(/C=C(\C#N)C(=O)NNC(=O)c2nn(C)c(=O)c3ccccc23)c(C)n1C1CC1. The Bertz CT molecular complexity index is 1390. The highest BCUT2D eigenvalue weighted by atomic mass is 16.2. The van der Waals surface area contributed by atoms with Gasteiger partial charge >= 0.3 is 0 Å². The third-order valence-electron chi connectivity index (χ3n) is 5.56. The summed E-state index contributed by atoms with van der Waals surface area (Å²) in [5.41, 5.74) is 6.92. The lowest BCUT2D eigenvalue weighted by atomic mass is 10.1. The molecule has 3 aromatic rings. The number of nitriles is 1. The second kappa shape index (κ2) is 8.15. The molecule has 4 rings (SSSR count). The fourth-order valence-electron chi connectivity index (χ4n) is 3.85. The number of fused-ring (bicyclic) bond motifs is 1. The van der Waals surface area contributed by atoms with Gasteiger partial charge in [0, 0.05) is 29.9 Å². The van der Waals surface area contributed by atoms with Gasteiger partial charge in [-0.05, 0) is 50.5 Å². The van der Waals surface area contributed by atoms with Crippen molar-refractivity contribution in [2.75, 3.05) is 0 Å². The van der Waals surface area contributed by atoms with E-state index >= 15 is 0 Å². The number of carbonyl (C=O) groups excluding carboxylic acids is 2. The Morgan fingerprint density at radius 1 is 1.19 bits per heavy atom. The third kappa shape index (κ3) is 3.78. The molecule has 2 amide bonds. The van der Waals surface area contributed by atoms with Crippen LogP contribution in [0.1, 0.15) is 46.3 Å². The number of rotatable bonds is 4. The summed E-state index contributed by atoms with van der Waals surface area (Å²) in [6.45, 7) is 3.96. The first-order valence-electron chi connectivity index (χ1n) is 10.2. The van der Waals surface area contributed by atoms with E-state index in [1.807, 2.05) is 26.0 Å². The van der Waals surface area contributed by atoms with Crippen molar-refractivity contribution in [2.45, 2.75) is 32.7 Å². The Kier molecular flexibility index (Phi) is 5.36. The molecule has 2 N–H and O–H groups in total. The van der Waals surface area contributed by atoms with Crippen LogP contribution in [0.4, 0.5) is 0 Å². The topological polar surface area (TPSA) is 122 Å². The van der Waals surface area contributed by atoms with Crippen molar-refractivity contribution in [2.24, 2.45) is 7.05 Å². The van der Waals surface area contributed by atoms with Gasteiger partial charge in [0.2, 0.25) is 0 Å². The molecule has 0 aliphatic heterocycles. The molecule has 1 aliphatic carbocycles. The zero-order valence-corrected chi connectivity index (χ0v) is 18.0. The largest absolute Gasteiger partial charge is 0.346 e. The number of hydrazine groups is 1. The minimum atomic E-state index is -0.744. The Balaban J connectivity index is 1.54. The van der Waals surface area contributed by atoms with Crippen molar-refractivity contribution in [3.63, 3.8) is 0 Å². The minimum Gasteiger partial charge on any atom is -0.346 e. The van der Waals surface area contributed by atoms with Crippen LogP contribution in [0.3, 0.4) is 0 Å². The van der Waals surface area contributed by atoms with Crippen LogP contribution < -0.4 is 16.4 Å². The molecule has 0 atom stereocenters. The zero-order valence-electron chi connectivity index (χ0n) is 18.0. The molecule has 1 aromatic carbocycles. The minimum absolute atomic E-state index is 0.0153. The molecule has 0 radical (unpaired) electrons. The quantitative estimate of drug-likeness (QED) is 0.373. The fraction of sp³-hybridized carbons (Fsp3) is 0.261. The molecule has 1 aliphatic rings. The second-order valence-corrected chi connectivity index (χ2v) is 7.83. The monoisotopic (exact) mass is 430 g/mol. The molecule has 0 spiro atoms. The Labute approximate surface area is 183 Å². The molecule has 1 fully saturated rings. The lowest BCUT2D eigenvalue weighted by molar-refractivity contribution is -0.117. The Hall–Kier alpha value is -4.19. The van der Waals surface area contributed by atoms with Crippen LogP contribution in [-0.2, 0) is 11.8 Å². The van der Waals surface area contributed by atoms with Gasteiger partial charge in [-0.2, -0.15) is 10.4 Å². The maximum Gasteiger partial charge on any atom is 0.290 e. The first kappa shape index (κ1) is 21.1. The van der Waals surface area contributed by atoms with Gasteiger partial charge < -0.3 is 4.57 Å². The van der Waals surface area contributed by atoms with Crippen molar-refractivity contribution in [3.05, 3.63) is 68.9 Å². The van der Waals surface area contributed by atoms with E-state index < -0.39 is 11.8 Å². The van der Waals surface area contributed by atoms with Crippen molar-refractivity contribution in [1.82, 2.24) is 25.2 Å². The Morgan fingerprint density at radius 2 is 1.88 bits per heavy atom. The van der Waals surface area contributed by atoms with Gasteiger partial charge in [-0.15, -0.1) is 0 Å². The van der Waals surface area contributed by atoms with Gasteiger partial charge in [0.1, 0.15) is 11.6 Å². The maximum atomic E-state index is 12.7. The summed E-state index contributed by atoms with van der Waals surface area (Å²) < 4.78 is 3.28. The average molecular weight is 430 g/mol. The third-order valence-corrected chi connectivity index (χ3v) is 5.56. The number of hydrogen-bond acceptors (Lipinski definition) is 5. The van der Waals surface area contributed by atoms with Gasteiger partial charge in [0.15, 0.2) is 5.69 Å². The van der Waals surface area contributed by atoms with Crippen molar-refractivity contribution >= 4 is 28.7 Å². The second-order valence-electron chi connectivity index (χ2n) is 7.83. The summed E-state index contributed by atoms with van der Waals surface area (Å²) in [5, 5.41) is 14.2. The maximum absolute atomic E-state index is 12.7. The molecule has 1 saturated carbocycles. The molecule has 2 heterocycles. The van der Waals surface area contributed by atoms with Crippen molar-refractivity contribution in [1.29, 1.82) is 5.26 Å². The van der Waals surface area contributed by atoms with Crippen LogP contribution in [-0.4, -0.2) is 26.2 Å². The predicted molar refractivity (Wildman–Crippen MR) is 118 cm³/mol. The van der Waals surface area contributed by atoms with E-state index in [0.29, 0.717) is 16.8 Å². The van der Waals surface area contributed by atoms with E-state index in [-0.39, 0.29) is 16.8 Å². The molecular formula is C23H22N6O3. The van der Waals surface area contributed by atoms with E-state index in [1.54, 1.807) is 24.3 Å². The van der Waals surface area contributed by atoms with Gasteiger partial charge in [0.25, 0.3) is 17.4 Å². The summed E-state index contributed by atoms with van der Waals surface area (Å²) in [7, 11) is 1.44. The molecule has 9 heteroatoms. The standard InChI is InChI=1S/C23H22N6O3/c1-13-10-15(14(2)29(13)17-8-9-17)11-16(12-24)21(30)25-26-22(31)20-18-6-4-5-7-19(18)23(32)28(3)27-20/h4-7,10-11,17H,8-9H2,1-3H3,(H,25,30)(H,26,31)/b16-11+. The fourth-order valence-corrected chi connectivity index (χ4v) is 3.85.